The van der Waals surface area contributed by atoms with Crippen LogP contribution in [0.5, 0.6) is 0 Å². The van der Waals surface area contributed by atoms with Crippen molar-refractivity contribution in [1.29, 1.82) is 0 Å². The van der Waals surface area contributed by atoms with E-state index >= 15 is 0 Å². The zero-order valence-corrected chi connectivity index (χ0v) is 10.0. The van der Waals surface area contributed by atoms with Crippen molar-refractivity contribution in [2.75, 3.05) is 13.2 Å². The van der Waals surface area contributed by atoms with Crippen molar-refractivity contribution in [3.05, 3.63) is 12.7 Å². The Kier molecular flexibility index (Phi) is 6.69. The molecule has 1 aliphatic heterocycles. The average Bonchev–Trinajstić information content (AvgIpc) is 2.74. The highest BCUT2D eigenvalue weighted by atomic mass is 16.5. The summed E-state index contributed by atoms with van der Waals surface area (Å²) in [6.45, 7) is 8.08. The molecule has 2 heteroatoms. The Labute approximate surface area is 94.1 Å². The van der Waals surface area contributed by atoms with Crippen LogP contribution in [0.4, 0.5) is 0 Å². The minimum absolute atomic E-state index is 0.504. The summed E-state index contributed by atoms with van der Waals surface area (Å²) in [5.41, 5.74) is 0. The normalized spacial score (nSPS) is 22.9. The van der Waals surface area contributed by atoms with Crippen LogP contribution in [-0.2, 0) is 4.74 Å². The molecule has 0 saturated carbocycles. The van der Waals surface area contributed by atoms with Crippen molar-refractivity contribution in [2.24, 2.45) is 0 Å². The van der Waals surface area contributed by atoms with Crippen LogP contribution in [0.2, 0.25) is 0 Å². The van der Waals surface area contributed by atoms with Crippen LogP contribution < -0.4 is 5.32 Å². The summed E-state index contributed by atoms with van der Waals surface area (Å²) in [7, 11) is 0. The molecule has 0 aromatic rings. The Hall–Kier alpha value is -0.340. The van der Waals surface area contributed by atoms with Crippen LogP contribution in [0.25, 0.3) is 0 Å². The Balaban J connectivity index is 2.22. The van der Waals surface area contributed by atoms with Gasteiger partial charge in [-0.3, -0.25) is 0 Å². The third kappa shape index (κ3) is 5.33. The molecule has 0 aromatic carbocycles. The van der Waals surface area contributed by atoms with Crippen LogP contribution in [0.1, 0.15) is 45.4 Å². The average molecular weight is 211 g/mol. The van der Waals surface area contributed by atoms with Gasteiger partial charge in [0, 0.05) is 12.6 Å². The largest absolute Gasteiger partial charge is 0.378 e. The maximum absolute atomic E-state index is 5.68. The van der Waals surface area contributed by atoms with Gasteiger partial charge in [0.25, 0.3) is 0 Å². The number of ether oxygens (including phenoxy) is 1. The van der Waals surface area contributed by atoms with Gasteiger partial charge in [0.2, 0.25) is 0 Å². The molecule has 1 rings (SSSR count). The van der Waals surface area contributed by atoms with E-state index in [1.165, 1.54) is 32.1 Å². The second-order valence-corrected chi connectivity index (χ2v) is 4.39. The molecule has 1 heterocycles. The number of allylic oxidation sites excluding steroid dienone is 1. The molecule has 88 valence electrons. The van der Waals surface area contributed by atoms with Crippen molar-refractivity contribution in [1.82, 2.24) is 5.32 Å². The van der Waals surface area contributed by atoms with Gasteiger partial charge in [-0.1, -0.05) is 13.0 Å². The van der Waals surface area contributed by atoms with E-state index in [2.05, 4.69) is 18.8 Å². The van der Waals surface area contributed by atoms with E-state index in [0.717, 1.165) is 19.6 Å². The lowest BCUT2D eigenvalue weighted by Crippen LogP contribution is -2.33. The van der Waals surface area contributed by atoms with Crippen LogP contribution in [0.3, 0.4) is 0 Å². The molecular formula is C13H25NO. The Morgan fingerprint density at radius 2 is 2.47 bits per heavy atom. The molecule has 1 saturated heterocycles. The van der Waals surface area contributed by atoms with Crippen LogP contribution in [0.15, 0.2) is 12.7 Å². The maximum Gasteiger partial charge on any atom is 0.0590 e. The fourth-order valence-corrected chi connectivity index (χ4v) is 2.12. The topological polar surface area (TPSA) is 21.3 Å². The highest BCUT2D eigenvalue weighted by Crippen LogP contribution is 2.18. The minimum Gasteiger partial charge on any atom is -0.378 e. The lowest BCUT2D eigenvalue weighted by molar-refractivity contribution is 0.0937. The third-order valence-electron chi connectivity index (χ3n) is 2.97. The zero-order chi connectivity index (χ0) is 10.9. The Morgan fingerprint density at radius 3 is 3.07 bits per heavy atom. The molecule has 0 aliphatic carbocycles. The Morgan fingerprint density at radius 1 is 1.60 bits per heavy atom. The molecule has 2 nitrogen and oxygen atoms in total. The highest BCUT2D eigenvalue weighted by Gasteiger charge is 2.19. The van der Waals surface area contributed by atoms with Gasteiger partial charge >= 0.3 is 0 Å². The van der Waals surface area contributed by atoms with E-state index in [1.807, 2.05) is 6.08 Å². The van der Waals surface area contributed by atoms with Gasteiger partial charge in [0.15, 0.2) is 0 Å². The quantitative estimate of drug-likeness (QED) is 0.623. The van der Waals surface area contributed by atoms with Crippen LogP contribution >= 0.6 is 0 Å². The highest BCUT2D eigenvalue weighted by molar-refractivity contribution is 4.78. The second-order valence-electron chi connectivity index (χ2n) is 4.39. The number of hydrogen-bond acceptors (Lipinski definition) is 2. The standard InChI is InChI=1S/C13H25NO/c1-3-5-7-12(14-9-4-2)11-13-8-6-10-15-13/h3,12-14H,1,4-11H2,2H3. The van der Waals surface area contributed by atoms with E-state index < -0.39 is 0 Å². The van der Waals surface area contributed by atoms with E-state index in [9.17, 15) is 0 Å². The SMILES string of the molecule is C=CCCC(CC1CCCO1)NCCC. The molecule has 0 amide bonds. The number of nitrogens with one attached hydrogen (secondary N) is 1. The van der Waals surface area contributed by atoms with E-state index in [4.69, 9.17) is 4.74 Å². The lowest BCUT2D eigenvalue weighted by Gasteiger charge is -2.21. The summed E-state index contributed by atoms with van der Waals surface area (Å²) >= 11 is 0. The van der Waals surface area contributed by atoms with Gasteiger partial charge < -0.3 is 10.1 Å². The molecule has 2 unspecified atom stereocenters. The molecule has 0 spiro atoms. The fraction of sp³-hybridized carbons (Fsp3) is 0.846. The summed E-state index contributed by atoms with van der Waals surface area (Å²) in [6.07, 6.45) is 9.69. The monoisotopic (exact) mass is 211 g/mol. The van der Waals surface area contributed by atoms with E-state index in [-0.39, 0.29) is 0 Å². The molecule has 2 atom stereocenters. The third-order valence-corrected chi connectivity index (χ3v) is 2.97. The molecule has 0 bridgehead atoms. The van der Waals surface area contributed by atoms with Gasteiger partial charge in [-0.25, -0.2) is 0 Å². The summed E-state index contributed by atoms with van der Waals surface area (Å²) in [5, 5.41) is 3.60. The molecule has 0 radical (unpaired) electrons. The summed E-state index contributed by atoms with van der Waals surface area (Å²) < 4.78 is 5.68. The number of rotatable bonds is 8. The van der Waals surface area contributed by atoms with Crippen molar-refractivity contribution >= 4 is 0 Å². The molecule has 1 N–H and O–H groups in total. The van der Waals surface area contributed by atoms with E-state index in [1.54, 1.807) is 0 Å². The van der Waals surface area contributed by atoms with Crippen molar-refractivity contribution in [3.8, 4) is 0 Å². The predicted molar refractivity (Wildman–Crippen MR) is 65.1 cm³/mol. The molecule has 1 aliphatic rings. The molecular weight excluding hydrogens is 186 g/mol. The summed E-state index contributed by atoms with van der Waals surface area (Å²) in [6, 6.07) is 0.617. The van der Waals surface area contributed by atoms with Crippen molar-refractivity contribution in [3.63, 3.8) is 0 Å². The van der Waals surface area contributed by atoms with Gasteiger partial charge in [-0.05, 0) is 45.1 Å². The zero-order valence-electron chi connectivity index (χ0n) is 10.0. The van der Waals surface area contributed by atoms with E-state index in [0.29, 0.717) is 12.1 Å². The maximum atomic E-state index is 5.68. The molecule has 15 heavy (non-hydrogen) atoms. The smallest absolute Gasteiger partial charge is 0.0590 e. The van der Waals surface area contributed by atoms with Gasteiger partial charge in [0.05, 0.1) is 6.10 Å². The van der Waals surface area contributed by atoms with Crippen molar-refractivity contribution < 1.29 is 4.74 Å². The van der Waals surface area contributed by atoms with Crippen LogP contribution in [-0.4, -0.2) is 25.3 Å². The van der Waals surface area contributed by atoms with Gasteiger partial charge in [-0.2, -0.15) is 0 Å². The first-order valence-electron chi connectivity index (χ1n) is 6.32. The first-order valence-corrected chi connectivity index (χ1v) is 6.32. The van der Waals surface area contributed by atoms with Crippen LogP contribution in [0, 0.1) is 0 Å². The Bertz CT molecular complexity index is 164. The predicted octanol–water partition coefficient (Wildman–Crippen LogP) is 2.89. The summed E-state index contributed by atoms with van der Waals surface area (Å²) in [5.74, 6) is 0. The first kappa shape index (κ1) is 12.7. The minimum atomic E-state index is 0.504. The van der Waals surface area contributed by atoms with Crippen molar-refractivity contribution in [2.45, 2.75) is 57.6 Å². The number of hydrogen-bond donors (Lipinski definition) is 1. The molecule has 0 aromatic heterocycles. The van der Waals surface area contributed by atoms with Gasteiger partial charge in [0.1, 0.15) is 0 Å². The summed E-state index contributed by atoms with van der Waals surface area (Å²) in [4.78, 5) is 0. The first-order chi connectivity index (χ1) is 7.36. The second kappa shape index (κ2) is 7.89. The van der Waals surface area contributed by atoms with Gasteiger partial charge in [-0.15, -0.1) is 6.58 Å². The fourth-order valence-electron chi connectivity index (χ4n) is 2.12. The lowest BCUT2D eigenvalue weighted by atomic mass is 10.0. The molecule has 1 fully saturated rings.